The van der Waals surface area contributed by atoms with Crippen LogP contribution in [0.1, 0.15) is 11.3 Å². The summed E-state index contributed by atoms with van der Waals surface area (Å²) in [5.74, 6) is 0. The third kappa shape index (κ3) is 2.20. The molecule has 0 spiro atoms. The number of aliphatic hydroxyl groups is 1. The Hall–Kier alpha value is -1.88. The molecule has 2 heterocycles. The van der Waals surface area contributed by atoms with Crippen LogP contribution in [0.2, 0.25) is 0 Å². The second kappa shape index (κ2) is 4.76. The Kier molecular flexibility index (Phi) is 3.16. The quantitative estimate of drug-likeness (QED) is 0.849. The first-order chi connectivity index (χ1) is 7.83. The summed E-state index contributed by atoms with van der Waals surface area (Å²) < 4.78 is 12.3. The van der Waals surface area contributed by atoms with Gasteiger partial charge in [-0.3, -0.25) is 4.98 Å². The highest BCUT2D eigenvalue weighted by molar-refractivity contribution is 5.53. The maximum atomic E-state index is 12.3. The van der Waals surface area contributed by atoms with Crippen LogP contribution in [0, 0.1) is 0 Å². The molecular weight excluding hydrogens is 209 g/mol. The van der Waals surface area contributed by atoms with Crippen molar-refractivity contribution in [3.63, 3.8) is 0 Å². The third-order valence-corrected chi connectivity index (χ3v) is 2.13. The molecule has 0 aromatic carbocycles. The Balaban J connectivity index is 2.34. The highest BCUT2D eigenvalue weighted by Crippen LogP contribution is 2.14. The van der Waals surface area contributed by atoms with Gasteiger partial charge in [-0.05, 0) is 12.1 Å². The van der Waals surface area contributed by atoms with Crippen LogP contribution in [0.4, 0.5) is 4.39 Å². The largest absolute Gasteiger partial charge is 0.390 e. The van der Waals surface area contributed by atoms with E-state index in [1.54, 1.807) is 18.2 Å². The lowest BCUT2D eigenvalue weighted by molar-refractivity contribution is 0.276. The van der Waals surface area contributed by atoms with Gasteiger partial charge in [0.2, 0.25) is 0 Å². The van der Waals surface area contributed by atoms with Crippen molar-refractivity contribution in [1.29, 1.82) is 0 Å². The predicted octanol–water partition coefficient (Wildman–Crippen LogP) is 1.50. The maximum absolute atomic E-state index is 12.3. The van der Waals surface area contributed by atoms with Crippen molar-refractivity contribution in [2.75, 3.05) is 0 Å². The molecule has 0 aliphatic rings. The number of aromatic nitrogens is 3. The van der Waals surface area contributed by atoms with Crippen LogP contribution >= 0.6 is 0 Å². The Morgan fingerprint density at radius 2 is 2.00 bits per heavy atom. The molecule has 1 N–H and O–H groups in total. The van der Waals surface area contributed by atoms with Crippen LogP contribution in [0.3, 0.4) is 0 Å². The minimum absolute atomic E-state index is 0.141. The number of rotatable bonds is 3. The standard InChI is InChI=1S/C11H10FN3O/c12-4-8-1-2-10(13-5-8)11-3-9(6-16)14-7-15-11/h1-3,5,7,16H,4,6H2. The summed E-state index contributed by atoms with van der Waals surface area (Å²) in [4.78, 5) is 12.0. The summed E-state index contributed by atoms with van der Waals surface area (Å²) in [7, 11) is 0. The van der Waals surface area contributed by atoms with E-state index in [1.807, 2.05) is 0 Å². The van der Waals surface area contributed by atoms with Gasteiger partial charge in [0.25, 0.3) is 0 Å². The zero-order chi connectivity index (χ0) is 11.4. The van der Waals surface area contributed by atoms with Crippen molar-refractivity contribution >= 4 is 0 Å². The van der Waals surface area contributed by atoms with E-state index >= 15 is 0 Å². The van der Waals surface area contributed by atoms with Gasteiger partial charge < -0.3 is 5.11 Å². The molecule has 82 valence electrons. The number of alkyl halides is 1. The van der Waals surface area contributed by atoms with Gasteiger partial charge in [-0.25, -0.2) is 14.4 Å². The molecule has 16 heavy (non-hydrogen) atoms. The topological polar surface area (TPSA) is 58.9 Å². The summed E-state index contributed by atoms with van der Waals surface area (Å²) in [5, 5.41) is 8.93. The average molecular weight is 219 g/mol. The van der Waals surface area contributed by atoms with Crippen molar-refractivity contribution in [2.45, 2.75) is 13.3 Å². The Labute approximate surface area is 91.8 Å². The maximum Gasteiger partial charge on any atom is 0.116 e. The van der Waals surface area contributed by atoms with Crippen LogP contribution < -0.4 is 0 Å². The second-order valence-corrected chi connectivity index (χ2v) is 3.24. The summed E-state index contributed by atoms with van der Waals surface area (Å²) >= 11 is 0. The predicted molar refractivity (Wildman–Crippen MR) is 56.0 cm³/mol. The van der Waals surface area contributed by atoms with Gasteiger partial charge in [0, 0.05) is 11.8 Å². The van der Waals surface area contributed by atoms with E-state index < -0.39 is 6.67 Å². The van der Waals surface area contributed by atoms with Gasteiger partial charge in [0.05, 0.1) is 23.7 Å². The Bertz CT molecular complexity index is 473. The zero-order valence-electron chi connectivity index (χ0n) is 8.47. The minimum Gasteiger partial charge on any atom is -0.390 e. The van der Waals surface area contributed by atoms with Crippen molar-refractivity contribution in [3.8, 4) is 11.4 Å². The smallest absolute Gasteiger partial charge is 0.116 e. The van der Waals surface area contributed by atoms with Gasteiger partial charge in [-0.1, -0.05) is 6.07 Å². The molecule has 2 rings (SSSR count). The van der Waals surface area contributed by atoms with Crippen molar-refractivity contribution < 1.29 is 9.50 Å². The number of hydrogen-bond donors (Lipinski definition) is 1. The molecule has 0 fully saturated rings. The highest BCUT2D eigenvalue weighted by atomic mass is 19.1. The van der Waals surface area contributed by atoms with E-state index in [0.717, 1.165) is 0 Å². The van der Waals surface area contributed by atoms with Crippen LogP contribution in [0.5, 0.6) is 0 Å². The summed E-state index contributed by atoms with van der Waals surface area (Å²) in [6.45, 7) is -0.670. The zero-order valence-corrected chi connectivity index (χ0v) is 8.47. The van der Waals surface area contributed by atoms with Crippen LogP contribution in [0.15, 0.2) is 30.7 Å². The second-order valence-electron chi connectivity index (χ2n) is 3.24. The first-order valence-electron chi connectivity index (χ1n) is 4.76. The summed E-state index contributed by atoms with van der Waals surface area (Å²) in [6.07, 6.45) is 2.84. The number of nitrogens with zero attached hydrogens (tertiary/aromatic N) is 3. The molecule has 0 saturated carbocycles. The molecule has 0 amide bonds. The molecule has 5 heteroatoms. The molecule has 2 aromatic heterocycles. The van der Waals surface area contributed by atoms with Crippen LogP contribution in [-0.4, -0.2) is 20.1 Å². The van der Waals surface area contributed by atoms with E-state index in [0.29, 0.717) is 22.6 Å². The minimum atomic E-state index is -0.529. The number of hydrogen-bond acceptors (Lipinski definition) is 4. The normalized spacial score (nSPS) is 10.4. The molecule has 0 unspecified atom stereocenters. The van der Waals surface area contributed by atoms with E-state index in [2.05, 4.69) is 15.0 Å². The molecule has 0 saturated heterocycles. The van der Waals surface area contributed by atoms with Gasteiger partial charge in [-0.2, -0.15) is 0 Å². The lowest BCUT2D eigenvalue weighted by atomic mass is 10.2. The lowest BCUT2D eigenvalue weighted by Gasteiger charge is -2.01. The SMILES string of the molecule is OCc1cc(-c2ccc(CF)cn2)ncn1. The fourth-order valence-electron chi connectivity index (χ4n) is 1.28. The van der Waals surface area contributed by atoms with Crippen molar-refractivity contribution in [1.82, 2.24) is 15.0 Å². The number of aliphatic hydroxyl groups excluding tert-OH is 1. The average Bonchev–Trinajstić information content (AvgIpc) is 2.39. The van der Waals surface area contributed by atoms with Crippen LogP contribution in [0.25, 0.3) is 11.4 Å². The van der Waals surface area contributed by atoms with Crippen LogP contribution in [-0.2, 0) is 13.3 Å². The molecule has 0 bridgehead atoms. The van der Waals surface area contributed by atoms with E-state index in [4.69, 9.17) is 5.11 Å². The van der Waals surface area contributed by atoms with Gasteiger partial charge in [0.15, 0.2) is 0 Å². The fraction of sp³-hybridized carbons (Fsp3) is 0.182. The monoisotopic (exact) mass is 219 g/mol. The first-order valence-corrected chi connectivity index (χ1v) is 4.76. The first kappa shape index (κ1) is 10.6. The highest BCUT2D eigenvalue weighted by Gasteiger charge is 2.02. The molecule has 0 atom stereocenters. The van der Waals surface area contributed by atoms with Gasteiger partial charge in [0.1, 0.15) is 13.0 Å². The van der Waals surface area contributed by atoms with E-state index in [9.17, 15) is 4.39 Å². The summed E-state index contributed by atoms with van der Waals surface area (Å²) in [6, 6.07) is 5.00. The molecule has 0 aliphatic heterocycles. The summed E-state index contributed by atoms with van der Waals surface area (Å²) in [5.41, 5.74) is 2.31. The molecule has 4 nitrogen and oxygen atoms in total. The number of halogens is 1. The molecule has 0 aliphatic carbocycles. The molecule has 0 radical (unpaired) electrons. The Morgan fingerprint density at radius 1 is 1.12 bits per heavy atom. The Morgan fingerprint density at radius 3 is 2.62 bits per heavy atom. The van der Waals surface area contributed by atoms with E-state index in [1.165, 1.54) is 12.5 Å². The number of pyridine rings is 1. The van der Waals surface area contributed by atoms with E-state index in [-0.39, 0.29) is 6.61 Å². The lowest BCUT2D eigenvalue weighted by Crippen LogP contribution is -1.94. The van der Waals surface area contributed by atoms with Gasteiger partial charge >= 0.3 is 0 Å². The fourth-order valence-corrected chi connectivity index (χ4v) is 1.28. The van der Waals surface area contributed by atoms with Gasteiger partial charge in [-0.15, -0.1) is 0 Å². The molecular formula is C11H10FN3O. The molecule has 2 aromatic rings. The van der Waals surface area contributed by atoms with Crippen molar-refractivity contribution in [2.24, 2.45) is 0 Å². The third-order valence-electron chi connectivity index (χ3n) is 2.13. The van der Waals surface area contributed by atoms with Crippen molar-refractivity contribution in [3.05, 3.63) is 42.0 Å².